The van der Waals surface area contributed by atoms with Gasteiger partial charge in [0, 0.05) is 44.2 Å². The second kappa shape index (κ2) is 12.3. The van der Waals surface area contributed by atoms with E-state index in [0.29, 0.717) is 46.6 Å². The number of hydrogen-bond donors (Lipinski definition) is 2. The van der Waals surface area contributed by atoms with Crippen LogP contribution in [0.4, 0.5) is 11.4 Å². The van der Waals surface area contributed by atoms with E-state index in [1.54, 1.807) is 36.4 Å². The molecule has 1 saturated heterocycles. The fourth-order valence-corrected chi connectivity index (χ4v) is 4.63. The Labute approximate surface area is 231 Å². The van der Waals surface area contributed by atoms with Gasteiger partial charge in [-0.05, 0) is 54.7 Å². The molecule has 0 unspecified atom stereocenters. The van der Waals surface area contributed by atoms with Crippen LogP contribution in [-0.2, 0) is 9.59 Å². The Morgan fingerprint density at radius 1 is 1.03 bits per heavy atom. The maximum atomic E-state index is 12.5. The molecule has 0 spiro atoms. The molecule has 1 aromatic heterocycles. The number of hydrogen-bond acceptors (Lipinski definition) is 5. The van der Waals surface area contributed by atoms with Gasteiger partial charge in [-0.15, -0.1) is 0 Å². The highest BCUT2D eigenvalue weighted by Gasteiger charge is 2.22. The number of amides is 2. The number of anilines is 2. The Hall–Kier alpha value is -3.33. The van der Waals surface area contributed by atoms with Crippen molar-refractivity contribution < 1.29 is 14.0 Å². The number of rotatable bonds is 6. The number of furan rings is 1. The van der Waals surface area contributed by atoms with E-state index in [9.17, 15) is 9.59 Å². The predicted octanol–water partition coefficient (Wildman–Crippen LogP) is 5.84. The first-order chi connectivity index (χ1) is 17.9. The SMILES string of the molecule is CCC(=O)N1CCN(c2ccccc2NC(=S)NC(=O)/C=C/c2ccc(-c3cccc(Cl)c3Cl)o2)CC1. The Bertz CT molecular complexity index is 1330. The monoisotopic (exact) mass is 556 g/mol. The first-order valence-electron chi connectivity index (χ1n) is 11.8. The lowest BCUT2D eigenvalue weighted by molar-refractivity contribution is -0.131. The molecule has 7 nitrogen and oxygen atoms in total. The molecule has 3 aromatic rings. The molecule has 0 radical (unpaired) electrons. The lowest BCUT2D eigenvalue weighted by Crippen LogP contribution is -2.48. The maximum Gasteiger partial charge on any atom is 0.250 e. The summed E-state index contributed by atoms with van der Waals surface area (Å²) in [6.45, 7) is 4.66. The summed E-state index contributed by atoms with van der Waals surface area (Å²) in [4.78, 5) is 28.5. The minimum atomic E-state index is -0.402. The zero-order chi connectivity index (χ0) is 26.4. The van der Waals surface area contributed by atoms with Gasteiger partial charge in [-0.1, -0.05) is 48.3 Å². The average Bonchev–Trinajstić information content (AvgIpc) is 3.38. The molecule has 1 aliphatic heterocycles. The molecule has 2 heterocycles. The van der Waals surface area contributed by atoms with Crippen LogP contribution in [0.25, 0.3) is 17.4 Å². The average molecular weight is 558 g/mol. The van der Waals surface area contributed by atoms with Gasteiger partial charge in [0.05, 0.1) is 21.4 Å². The van der Waals surface area contributed by atoms with E-state index in [-0.39, 0.29) is 11.0 Å². The van der Waals surface area contributed by atoms with E-state index in [2.05, 4.69) is 15.5 Å². The Balaban J connectivity index is 1.34. The summed E-state index contributed by atoms with van der Waals surface area (Å²) in [5, 5.41) is 6.78. The molecule has 192 valence electrons. The molecule has 0 saturated carbocycles. The highest BCUT2D eigenvalue weighted by molar-refractivity contribution is 7.80. The van der Waals surface area contributed by atoms with Gasteiger partial charge in [0.1, 0.15) is 11.5 Å². The fraction of sp³-hybridized carbons (Fsp3) is 0.222. The first-order valence-corrected chi connectivity index (χ1v) is 13.0. The zero-order valence-corrected chi connectivity index (χ0v) is 22.5. The van der Waals surface area contributed by atoms with E-state index in [0.717, 1.165) is 24.5 Å². The third-order valence-corrected chi connectivity index (χ3v) is 6.93. The second-order valence-electron chi connectivity index (χ2n) is 8.32. The molecule has 0 bridgehead atoms. The Kier molecular flexibility index (Phi) is 8.87. The Morgan fingerprint density at radius 2 is 1.78 bits per heavy atom. The number of nitrogens with zero attached hydrogens (tertiary/aromatic N) is 2. The quantitative estimate of drug-likeness (QED) is 0.293. The summed E-state index contributed by atoms with van der Waals surface area (Å²) in [7, 11) is 0. The zero-order valence-electron chi connectivity index (χ0n) is 20.2. The highest BCUT2D eigenvalue weighted by Crippen LogP contribution is 2.34. The van der Waals surface area contributed by atoms with E-state index >= 15 is 0 Å². The van der Waals surface area contributed by atoms with Crippen molar-refractivity contribution in [2.45, 2.75) is 13.3 Å². The molecule has 2 amide bonds. The van der Waals surface area contributed by atoms with Crippen molar-refractivity contribution in [3.63, 3.8) is 0 Å². The van der Waals surface area contributed by atoms with Crippen LogP contribution in [0.15, 0.2) is 65.1 Å². The molecule has 37 heavy (non-hydrogen) atoms. The van der Waals surface area contributed by atoms with Gasteiger partial charge in [-0.3, -0.25) is 14.9 Å². The molecule has 1 fully saturated rings. The van der Waals surface area contributed by atoms with Crippen molar-refractivity contribution >= 4 is 69.8 Å². The minimum Gasteiger partial charge on any atom is -0.457 e. The molecule has 1 aliphatic rings. The molecule has 4 rings (SSSR count). The van der Waals surface area contributed by atoms with Crippen LogP contribution in [0.3, 0.4) is 0 Å². The van der Waals surface area contributed by atoms with Crippen molar-refractivity contribution in [2.24, 2.45) is 0 Å². The van der Waals surface area contributed by atoms with Crippen molar-refractivity contribution in [1.82, 2.24) is 10.2 Å². The number of piperazine rings is 1. The molecule has 10 heteroatoms. The van der Waals surface area contributed by atoms with Crippen LogP contribution >= 0.6 is 35.4 Å². The number of halogens is 2. The smallest absolute Gasteiger partial charge is 0.250 e. The number of nitrogens with one attached hydrogen (secondary N) is 2. The summed E-state index contributed by atoms with van der Waals surface area (Å²) in [6.07, 6.45) is 3.40. The predicted molar refractivity (Wildman–Crippen MR) is 153 cm³/mol. The molecule has 0 atom stereocenters. The van der Waals surface area contributed by atoms with Gasteiger partial charge in [-0.2, -0.15) is 0 Å². The standard InChI is InChI=1S/C27H26Cl2N4O3S/c1-2-25(35)33-16-14-32(15-17-33)22-9-4-3-8-21(22)30-27(37)31-24(34)13-11-18-10-12-23(36-18)19-6-5-7-20(28)26(19)29/h3-13H,2,14-17H2,1H3,(H2,30,31,34,37)/b13-11+. The molecular weight excluding hydrogens is 531 g/mol. The molecule has 2 aromatic carbocycles. The topological polar surface area (TPSA) is 77.8 Å². The molecular formula is C27H26Cl2N4O3S. The summed E-state index contributed by atoms with van der Waals surface area (Å²) in [6, 6.07) is 16.5. The summed E-state index contributed by atoms with van der Waals surface area (Å²) in [5.74, 6) is 0.787. The number of carbonyl (C=O) groups is 2. The maximum absolute atomic E-state index is 12.5. The van der Waals surface area contributed by atoms with Crippen LogP contribution in [0.2, 0.25) is 10.0 Å². The number of carbonyl (C=O) groups excluding carboxylic acids is 2. The van der Waals surface area contributed by atoms with Gasteiger partial charge >= 0.3 is 0 Å². The summed E-state index contributed by atoms with van der Waals surface area (Å²) < 4.78 is 5.78. The van der Waals surface area contributed by atoms with Gasteiger partial charge in [0.15, 0.2) is 5.11 Å². The van der Waals surface area contributed by atoms with Gasteiger partial charge in [0.25, 0.3) is 0 Å². The van der Waals surface area contributed by atoms with E-state index in [1.165, 1.54) is 6.08 Å². The minimum absolute atomic E-state index is 0.169. The highest BCUT2D eigenvalue weighted by atomic mass is 35.5. The normalized spacial score (nSPS) is 13.6. The number of thiocarbonyl (C=S) groups is 1. The van der Waals surface area contributed by atoms with E-state index in [1.807, 2.05) is 36.1 Å². The fourth-order valence-electron chi connectivity index (χ4n) is 4.02. The molecule has 0 aliphatic carbocycles. The van der Waals surface area contributed by atoms with Crippen molar-refractivity contribution in [2.75, 3.05) is 36.4 Å². The van der Waals surface area contributed by atoms with E-state index < -0.39 is 5.91 Å². The van der Waals surface area contributed by atoms with Crippen LogP contribution in [0, 0.1) is 0 Å². The Morgan fingerprint density at radius 3 is 2.54 bits per heavy atom. The third-order valence-electron chi connectivity index (χ3n) is 5.91. The van der Waals surface area contributed by atoms with Crippen LogP contribution in [0.5, 0.6) is 0 Å². The lowest BCUT2D eigenvalue weighted by Gasteiger charge is -2.37. The van der Waals surface area contributed by atoms with Crippen LogP contribution < -0.4 is 15.5 Å². The summed E-state index contributed by atoms with van der Waals surface area (Å²) >= 11 is 17.7. The van der Waals surface area contributed by atoms with Crippen molar-refractivity contribution in [3.8, 4) is 11.3 Å². The van der Waals surface area contributed by atoms with Gasteiger partial charge < -0.3 is 19.5 Å². The van der Waals surface area contributed by atoms with Crippen LogP contribution in [0.1, 0.15) is 19.1 Å². The number of benzene rings is 2. The van der Waals surface area contributed by atoms with Gasteiger partial charge in [0.2, 0.25) is 11.8 Å². The molecule has 2 N–H and O–H groups in total. The number of para-hydroxylation sites is 2. The van der Waals surface area contributed by atoms with Crippen molar-refractivity contribution in [3.05, 3.63) is 76.5 Å². The van der Waals surface area contributed by atoms with Crippen molar-refractivity contribution in [1.29, 1.82) is 0 Å². The van der Waals surface area contributed by atoms with Gasteiger partial charge in [-0.25, -0.2) is 0 Å². The largest absolute Gasteiger partial charge is 0.457 e. The summed E-state index contributed by atoms with van der Waals surface area (Å²) in [5.41, 5.74) is 2.41. The second-order valence-corrected chi connectivity index (χ2v) is 9.51. The lowest BCUT2D eigenvalue weighted by atomic mass is 10.2. The third kappa shape index (κ3) is 6.71. The van der Waals surface area contributed by atoms with E-state index in [4.69, 9.17) is 39.8 Å². The first kappa shape index (κ1) is 26.7. The van der Waals surface area contributed by atoms with Crippen LogP contribution in [-0.4, -0.2) is 48.0 Å².